The molecule has 0 bridgehead atoms. The molecule has 0 saturated carbocycles. The quantitative estimate of drug-likeness (QED) is 0.361. The second-order valence-electron chi connectivity index (χ2n) is 4.22. The summed E-state index contributed by atoms with van der Waals surface area (Å²) < 4.78 is 10.4. The molecule has 0 spiro atoms. The zero-order valence-electron chi connectivity index (χ0n) is 11.6. The van der Waals surface area contributed by atoms with Crippen LogP contribution in [-0.2, 0) is 0 Å². The number of nitro groups is 1. The Morgan fingerprint density at radius 3 is 2.36 bits per heavy atom. The summed E-state index contributed by atoms with van der Waals surface area (Å²) in [6.45, 7) is 2.40. The first-order valence-corrected chi connectivity index (χ1v) is 6.78. The van der Waals surface area contributed by atoms with Crippen LogP contribution < -0.4 is 9.47 Å². The smallest absolute Gasteiger partial charge is 0.345 e. The van der Waals surface area contributed by atoms with Gasteiger partial charge < -0.3 is 9.47 Å². The fourth-order valence-electron chi connectivity index (χ4n) is 1.72. The first-order chi connectivity index (χ1) is 10.5. The average molecular weight is 322 g/mol. The van der Waals surface area contributed by atoms with Crippen LogP contribution in [0.5, 0.6) is 11.5 Å². The largest absolute Gasteiger partial charge is 0.494 e. The second-order valence-corrected chi connectivity index (χ2v) is 4.62. The van der Waals surface area contributed by atoms with E-state index in [1.54, 1.807) is 24.3 Å². The minimum Gasteiger partial charge on any atom is -0.494 e. The summed E-state index contributed by atoms with van der Waals surface area (Å²) in [7, 11) is 0. The Morgan fingerprint density at radius 2 is 1.82 bits per heavy atom. The second kappa shape index (κ2) is 6.91. The molecular weight excluding hydrogens is 310 g/mol. The average Bonchev–Trinajstić information content (AvgIpc) is 2.49. The summed E-state index contributed by atoms with van der Waals surface area (Å²) in [5.74, 6) is 0.294. The van der Waals surface area contributed by atoms with Crippen molar-refractivity contribution in [1.29, 1.82) is 0 Å². The van der Waals surface area contributed by atoms with Crippen molar-refractivity contribution < 1.29 is 19.2 Å². The molecule has 114 valence electrons. The third kappa shape index (κ3) is 3.73. The van der Waals surface area contributed by atoms with Crippen LogP contribution in [0.3, 0.4) is 0 Å². The molecule has 0 heterocycles. The van der Waals surface area contributed by atoms with Crippen LogP contribution in [0.25, 0.3) is 0 Å². The third-order valence-electron chi connectivity index (χ3n) is 2.73. The van der Waals surface area contributed by atoms with Crippen molar-refractivity contribution in [2.45, 2.75) is 6.92 Å². The van der Waals surface area contributed by atoms with Gasteiger partial charge >= 0.3 is 5.97 Å². The number of hydrogen-bond donors (Lipinski definition) is 0. The van der Waals surface area contributed by atoms with Gasteiger partial charge in [0.05, 0.1) is 22.1 Å². The number of esters is 1. The number of rotatable bonds is 5. The standard InChI is InChI=1S/C15H12ClNO5/c1-2-21-11-4-6-12(7-5-11)22-15(18)13-8-3-10(17(19)20)9-14(13)16/h3-9H,2H2,1H3. The number of ether oxygens (including phenoxy) is 2. The molecule has 2 aromatic carbocycles. The predicted octanol–water partition coefficient (Wildman–Crippen LogP) is 3.87. The molecule has 0 saturated heterocycles. The summed E-state index contributed by atoms with van der Waals surface area (Å²) in [5, 5.41) is 10.6. The highest BCUT2D eigenvalue weighted by Crippen LogP contribution is 2.24. The Kier molecular flexibility index (Phi) is 4.95. The SMILES string of the molecule is CCOc1ccc(OC(=O)c2ccc([N+](=O)[O-])cc2Cl)cc1. The molecule has 0 radical (unpaired) electrons. The molecule has 22 heavy (non-hydrogen) atoms. The van der Waals surface area contributed by atoms with Crippen LogP contribution in [0.4, 0.5) is 5.69 Å². The fourth-order valence-corrected chi connectivity index (χ4v) is 1.97. The minimum absolute atomic E-state index is 0.0369. The molecule has 0 unspecified atom stereocenters. The Balaban J connectivity index is 2.13. The van der Waals surface area contributed by atoms with Crippen molar-refractivity contribution in [3.63, 3.8) is 0 Å². The molecule has 0 aliphatic heterocycles. The van der Waals surface area contributed by atoms with Gasteiger partial charge in [-0.25, -0.2) is 4.79 Å². The monoisotopic (exact) mass is 321 g/mol. The molecule has 2 aromatic rings. The molecule has 0 amide bonds. The highest BCUT2D eigenvalue weighted by molar-refractivity contribution is 6.33. The van der Waals surface area contributed by atoms with E-state index in [2.05, 4.69) is 0 Å². The van der Waals surface area contributed by atoms with Gasteiger partial charge in [-0.2, -0.15) is 0 Å². The summed E-state index contributed by atoms with van der Waals surface area (Å²) in [4.78, 5) is 22.1. The fraction of sp³-hybridized carbons (Fsp3) is 0.133. The lowest BCUT2D eigenvalue weighted by Crippen LogP contribution is -2.09. The Morgan fingerprint density at radius 1 is 1.18 bits per heavy atom. The van der Waals surface area contributed by atoms with E-state index in [0.717, 1.165) is 6.07 Å². The van der Waals surface area contributed by atoms with E-state index in [4.69, 9.17) is 21.1 Å². The van der Waals surface area contributed by atoms with Gasteiger partial charge in [0.2, 0.25) is 0 Å². The normalized spacial score (nSPS) is 10.1. The highest BCUT2D eigenvalue weighted by atomic mass is 35.5. The molecule has 6 nitrogen and oxygen atoms in total. The van der Waals surface area contributed by atoms with Crippen molar-refractivity contribution >= 4 is 23.3 Å². The maximum atomic E-state index is 12.0. The van der Waals surface area contributed by atoms with Crippen LogP contribution in [0.2, 0.25) is 5.02 Å². The summed E-state index contributed by atoms with van der Waals surface area (Å²) in [6.07, 6.45) is 0. The van der Waals surface area contributed by atoms with E-state index >= 15 is 0 Å². The zero-order valence-corrected chi connectivity index (χ0v) is 12.4. The van der Waals surface area contributed by atoms with Crippen molar-refractivity contribution in [1.82, 2.24) is 0 Å². The number of halogens is 1. The van der Waals surface area contributed by atoms with Gasteiger partial charge in [0.25, 0.3) is 5.69 Å². The van der Waals surface area contributed by atoms with E-state index in [9.17, 15) is 14.9 Å². The molecule has 0 fully saturated rings. The number of hydrogen-bond acceptors (Lipinski definition) is 5. The van der Waals surface area contributed by atoms with Gasteiger partial charge in [0, 0.05) is 12.1 Å². The van der Waals surface area contributed by atoms with Crippen LogP contribution in [0, 0.1) is 10.1 Å². The first-order valence-electron chi connectivity index (χ1n) is 6.40. The molecule has 0 aliphatic carbocycles. The summed E-state index contributed by atoms with van der Waals surface area (Å²) in [6, 6.07) is 10.1. The van der Waals surface area contributed by atoms with Crippen molar-refractivity contribution in [3.8, 4) is 11.5 Å². The van der Waals surface area contributed by atoms with Gasteiger partial charge in [-0.05, 0) is 37.3 Å². The predicted molar refractivity (Wildman–Crippen MR) is 80.7 cm³/mol. The van der Waals surface area contributed by atoms with Crippen molar-refractivity contribution in [2.24, 2.45) is 0 Å². The zero-order chi connectivity index (χ0) is 16.1. The number of nitrogens with zero attached hydrogens (tertiary/aromatic N) is 1. The molecule has 2 rings (SSSR count). The number of benzene rings is 2. The molecular formula is C15H12ClNO5. The van der Waals surface area contributed by atoms with Gasteiger partial charge in [-0.15, -0.1) is 0 Å². The van der Waals surface area contributed by atoms with E-state index in [1.807, 2.05) is 6.92 Å². The lowest BCUT2D eigenvalue weighted by Gasteiger charge is -2.07. The minimum atomic E-state index is -0.691. The maximum absolute atomic E-state index is 12.0. The molecule has 0 aromatic heterocycles. The van der Waals surface area contributed by atoms with Gasteiger partial charge in [0.15, 0.2) is 0 Å². The van der Waals surface area contributed by atoms with Gasteiger partial charge in [-0.3, -0.25) is 10.1 Å². The van der Waals surface area contributed by atoms with Gasteiger partial charge in [0.1, 0.15) is 11.5 Å². The first kappa shape index (κ1) is 15.8. The van der Waals surface area contributed by atoms with Crippen LogP contribution in [-0.4, -0.2) is 17.5 Å². The van der Waals surface area contributed by atoms with E-state index in [-0.39, 0.29) is 16.3 Å². The lowest BCUT2D eigenvalue weighted by molar-refractivity contribution is -0.384. The Hall–Kier alpha value is -2.60. The maximum Gasteiger partial charge on any atom is 0.345 e. The van der Waals surface area contributed by atoms with E-state index in [0.29, 0.717) is 18.1 Å². The molecule has 7 heteroatoms. The molecule has 0 atom stereocenters. The Bertz CT molecular complexity index is 700. The number of carbonyl (C=O) groups is 1. The van der Waals surface area contributed by atoms with Crippen molar-refractivity contribution in [3.05, 3.63) is 63.2 Å². The number of carbonyl (C=O) groups excluding carboxylic acids is 1. The van der Waals surface area contributed by atoms with Crippen LogP contribution >= 0.6 is 11.6 Å². The van der Waals surface area contributed by atoms with Crippen molar-refractivity contribution in [2.75, 3.05) is 6.61 Å². The summed E-state index contributed by atoms with van der Waals surface area (Å²) in [5.41, 5.74) is -0.135. The van der Waals surface area contributed by atoms with Gasteiger partial charge in [-0.1, -0.05) is 11.6 Å². The van der Waals surface area contributed by atoms with Crippen LogP contribution in [0.1, 0.15) is 17.3 Å². The van der Waals surface area contributed by atoms with E-state index in [1.165, 1.54) is 12.1 Å². The molecule has 0 N–H and O–H groups in total. The van der Waals surface area contributed by atoms with Crippen LogP contribution in [0.15, 0.2) is 42.5 Å². The highest BCUT2D eigenvalue weighted by Gasteiger charge is 2.16. The summed E-state index contributed by atoms with van der Waals surface area (Å²) >= 11 is 5.88. The number of nitro benzene ring substituents is 1. The molecule has 0 aliphatic rings. The third-order valence-corrected chi connectivity index (χ3v) is 3.04. The topological polar surface area (TPSA) is 78.7 Å². The number of non-ortho nitro benzene ring substituents is 1. The Labute approximate surface area is 131 Å². The lowest BCUT2D eigenvalue weighted by atomic mass is 10.2. The van der Waals surface area contributed by atoms with E-state index < -0.39 is 10.9 Å².